The largest absolute Gasteiger partial charge is 0.371 e. The highest BCUT2D eigenvalue weighted by atomic mass is 79.9. The van der Waals surface area contributed by atoms with Crippen molar-refractivity contribution in [2.45, 2.75) is 44.7 Å². The molecule has 0 amide bonds. The van der Waals surface area contributed by atoms with Gasteiger partial charge >= 0.3 is 0 Å². The second kappa shape index (κ2) is 7.12. The summed E-state index contributed by atoms with van der Waals surface area (Å²) in [6, 6.07) is 7.40. The summed E-state index contributed by atoms with van der Waals surface area (Å²) in [6.07, 6.45) is 6.82. The van der Waals surface area contributed by atoms with E-state index in [4.69, 9.17) is 5.73 Å². The molecule has 0 aliphatic carbocycles. The van der Waals surface area contributed by atoms with Crippen LogP contribution >= 0.6 is 15.9 Å². The van der Waals surface area contributed by atoms with Crippen molar-refractivity contribution < 1.29 is 0 Å². The zero-order valence-electron chi connectivity index (χ0n) is 12.7. The molecule has 2 fully saturated rings. The Morgan fingerprint density at radius 3 is 2.38 bits per heavy atom. The highest BCUT2D eigenvalue weighted by Gasteiger charge is 2.25. The first kappa shape index (κ1) is 15.3. The lowest BCUT2D eigenvalue weighted by atomic mass is 9.99. The Bertz CT molecular complexity index is 463. The van der Waals surface area contributed by atoms with Crippen molar-refractivity contribution in [1.29, 1.82) is 0 Å². The van der Waals surface area contributed by atoms with E-state index in [2.05, 4.69) is 43.9 Å². The van der Waals surface area contributed by atoms with E-state index in [1.165, 1.54) is 69.5 Å². The Kier molecular flexibility index (Phi) is 5.19. The van der Waals surface area contributed by atoms with Crippen molar-refractivity contribution in [2.24, 2.45) is 5.73 Å². The van der Waals surface area contributed by atoms with Crippen LogP contribution in [0.4, 0.5) is 5.69 Å². The van der Waals surface area contributed by atoms with Crippen molar-refractivity contribution in [1.82, 2.24) is 4.90 Å². The summed E-state index contributed by atoms with van der Waals surface area (Å²) in [5.74, 6) is 0. The molecule has 0 saturated carbocycles. The summed E-state index contributed by atoms with van der Waals surface area (Å²) in [4.78, 5) is 5.25. The van der Waals surface area contributed by atoms with Crippen LogP contribution in [-0.4, -0.2) is 37.1 Å². The molecule has 1 aromatic rings. The number of piperidine rings is 2. The first-order chi connectivity index (χ1) is 10.3. The van der Waals surface area contributed by atoms with Crippen molar-refractivity contribution in [3.05, 3.63) is 28.2 Å². The number of hydrogen-bond donors (Lipinski definition) is 1. The molecule has 0 atom stereocenters. The number of benzene rings is 1. The van der Waals surface area contributed by atoms with E-state index in [0.717, 1.165) is 10.5 Å². The molecule has 2 saturated heterocycles. The first-order valence-electron chi connectivity index (χ1n) is 8.25. The van der Waals surface area contributed by atoms with Gasteiger partial charge in [0.15, 0.2) is 0 Å². The van der Waals surface area contributed by atoms with E-state index in [-0.39, 0.29) is 0 Å². The summed E-state index contributed by atoms with van der Waals surface area (Å²) in [6.45, 7) is 5.59. The third-order valence-corrected chi connectivity index (χ3v) is 5.73. The smallest absolute Gasteiger partial charge is 0.0377 e. The molecular weight excluding hydrogens is 326 g/mol. The van der Waals surface area contributed by atoms with Crippen molar-refractivity contribution in [3.63, 3.8) is 0 Å². The number of nitrogens with two attached hydrogens (primary N) is 1. The lowest BCUT2D eigenvalue weighted by Gasteiger charge is -2.41. The average Bonchev–Trinajstić information content (AvgIpc) is 2.56. The lowest BCUT2D eigenvalue weighted by Crippen LogP contribution is -2.46. The molecule has 0 aromatic heterocycles. The maximum Gasteiger partial charge on any atom is 0.0377 e. The third kappa shape index (κ3) is 3.61. The summed E-state index contributed by atoms with van der Waals surface area (Å²) in [5, 5.41) is 0. The zero-order chi connectivity index (χ0) is 14.7. The number of likely N-dealkylation sites (tertiary alicyclic amines) is 1. The zero-order valence-corrected chi connectivity index (χ0v) is 14.3. The maximum atomic E-state index is 5.73. The van der Waals surface area contributed by atoms with Gasteiger partial charge in [-0.2, -0.15) is 0 Å². The Morgan fingerprint density at radius 2 is 1.76 bits per heavy atom. The fourth-order valence-electron chi connectivity index (χ4n) is 3.67. The van der Waals surface area contributed by atoms with E-state index in [1.54, 1.807) is 0 Å². The molecule has 0 unspecified atom stereocenters. The monoisotopic (exact) mass is 351 g/mol. The van der Waals surface area contributed by atoms with Crippen LogP contribution in [0.25, 0.3) is 0 Å². The van der Waals surface area contributed by atoms with Crippen LogP contribution in [-0.2, 0) is 6.54 Å². The Morgan fingerprint density at radius 1 is 1.05 bits per heavy atom. The highest BCUT2D eigenvalue weighted by Crippen LogP contribution is 2.28. The number of anilines is 1. The lowest BCUT2D eigenvalue weighted by molar-refractivity contribution is 0.141. The fraction of sp³-hybridized carbons (Fsp3) is 0.647. The summed E-state index contributed by atoms with van der Waals surface area (Å²) in [5.41, 5.74) is 8.24. The Hall–Kier alpha value is -0.580. The van der Waals surface area contributed by atoms with Gasteiger partial charge in [-0.1, -0.05) is 28.4 Å². The van der Waals surface area contributed by atoms with E-state index in [9.17, 15) is 0 Å². The second-order valence-corrected chi connectivity index (χ2v) is 7.15. The standard InChI is InChI=1S/C17H26BrN3/c18-17-12-16(5-4-14(17)13-19)21-10-6-15(7-11-21)20-8-2-1-3-9-20/h4-5,12,15H,1-3,6-11,13,19H2. The Balaban J connectivity index is 1.58. The van der Waals surface area contributed by atoms with E-state index in [1.807, 2.05) is 0 Å². The minimum atomic E-state index is 0.595. The van der Waals surface area contributed by atoms with E-state index < -0.39 is 0 Å². The molecule has 2 heterocycles. The van der Waals surface area contributed by atoms with Gasteiger partial charge in [0.25, 0.3) is 0 Å². The fourth-order valence-corrected chi connectivity index (χ4v) is 4.20. The summed E-state index contributed by atoms with van der Waals surface area (Å²) in [7, 11) is 0. The third-order valence-electron chi connectivity index (χ3n) is 4.99. The van der Waals surface area contributed by atoms with Gasteiger partial charge in [0.2, 0.25) is 0 Å². The number of hydrogen-bond acceptors (Lipinski definition) is 3. The molecule has 116 valence electrons. The van der Waals surface area contributed by atoms with Gasteiger partial charge in [0, 0.05) is 35.8 Å². The van der Waals surface area contributed by atoms with Crippen molar-refractivity contribution in [2.75, 3.05) is 31.1 Å². The molecule has 2 aliphatic heterocycles. The SMILES string of the molecule is NCc1ccc(N2CCC(N3CCCCC3)CC2)cc1Br. The molecule has 0 bridgehead atoms. The second-order valence-electron chi connectivity index (χ2n) is 6.29. The van der Waals surface area contributed by atoms with Crippen molar-refractivity contribution in [3.8, 4) is 0 Å². The molecule has 0 radical (unpaired) electrons. The molecule has 1 aromatic carbocycles. The van der Waals surface area contributed by atoms with Gasteiger partial charge in [0.1, 0.15) is 0 Å². The Labute approximate surface area is 136 Å². The molecule has 3 nitrogen and oxygen atoms in total. The number of halogens is 1. The van der Waals surface area contributed by atoms with Crippen LogP contribution in [0.1, 0.15) is 37.7 Å². The van der Waals surface area contributed by atoms with Crippen LogP contribution in [0.15, 0.2) is 22.7 Å². The predicted molar refractivity (Wildman–Crippen MR) is 92.7 cm³/mol. The van der Waals surface area contributed by atoms with Crippen LogP contribution in [0, 0.1) is 0 Å². The van der Waals surface area contributed by atoms with Gasteiger partial charge in [-0.05, 0) is 56.5 Å². The number of rotatable bonds is 3. The first-order valence-corrected chi connectivity index (χ1v) is 9.05. The molecule has 21 heavy (non-hydrogen) atoms. The maximum absolute atomic E-state index is 5.73. The summed E-state index contributed by atoms with van der Waals surface area (Å²) < 4.78 is 1.14. The average molecular weight is 352 g/mol. The number of nitrogens with zero attached hydrogens (tertiary/aromatic N) is 2. The molecule has 3 rings (SSSR count). The summed E-state index contributed by atoms with van der Waals surface area (Å²) >= 11 is 3.63. The van der Waals surface area contributed by atoms with Crippen molar-refractivity contribution >= 4 is 21.6 Å². The van der Waals surface area contributed by atoms with Gasteiger partial charge in [-0.3, -0.25) is 0 Å². The molecular formula is C17H26BrN3. The van der Waals surface area contributed by atoms with Gasteiger partial charge in [-0.25, -0.2) is 0 Å². The molecule has 0 spiro atoms. The van der Waals surface area contributed by atoms with Gasteiger partial charge in [0.05, 0.1) is 0 Å². The predicted octanol–water partition coefficient (Wildman–Crippen LogP) is 3.36. The molecule has 2 aliphatic rings. The van der Waals surface area contributed by atoms with Crippen LogP contribution in [0.5, 0.6) is 0 Å². The highest BCUT2D eigenvalue weighted by molar-refractivity contribution is 9.10. The normalized spacial score (nSPS) is 21.7. The quantitative estimate of drug-likeness (QED) is 0.905. The van der Waals surface area contributed by atoms with Crippen LogP contribution in [0.2, 0.25) is 0 Å². The molecule has 4 heteroatoms. The van der Waals surface area contributed by atoms with Crippen LogP contribution in [0.3, 0.4) is 0 Å². The van der Waals surface area contributed by atoms with E-state index in [0.29, 0.717) is 6.54 Å². The topological polar surface area (TPSA) is 32.5 Å². The minimum Gasteiger partial charge on any atom is -0.371 e. The van der Waals surface area contributed by atoms with Crippen LogP contribution < -0.4 is 10.6 Å². The minimum absolute atomic E-state index is 0.595. The van der Waals surface area contributed by atoms with Gasteiger partial charge in [-0.15, -0.1) is 0 Å². The van der Waals surface area contributed by atoms with Gasteiger partial charge < -0.3 is 15.5 Å². The molecule has 2 N–H and O–H groups in total. The van der Waals surface area contributed by atoms with E-state index >= 15 is 0 Å².